The van der Waals surface area contributed by atoms with Crippen molar-refractivity contribution in [3.63, 3.8) is 0 Å². The molecule has 1 unspecified atom stereocenters. The molecular weight excluding hydrogens is 424 g/mol. The topological polar surface area (TPSA) is 155 Å². The van der Waals surface area contributed by atoms with Crippen molar-refractivity contribution >= 4 is 5.78 Å². The second kappa shape index (κ2) is 8.93. The molecule has 5 N–H and O–H groups in total. The molecule has 1 saturated heterocycles. The number of ketones is 1. The number of aliphatic hydroxyl groups excluding tert-OH is 4. The molecule has 4 rings (SSSR count). The second-order valence-electron chi connectivity index (χ2n) is 7.64. The molecule has 2 aliphatic heterocycles. The van der Waals surface area contributed by atoms with Gasteiger partial charge in [0.1, 0.15) is 59.1 Å². The molecule has 2 aromatic carbocycles. The molecule has 1 fully saturated rings. The maximum atomic E-state index is 12.7. The molecule has 2 heterocycles. The van der Waals surface area contributed by atoms with Crippen molar-refractivity contribution < 1.29 is 49.3 Å². The van der Waals surface area contributed by atoms with Crippen LogP contribution in [0.1, 0.15) is 28.4 Å². The van der Waals surface area contributed by atoms with Crippen LogP contribution in [0.25, 0.3) is 0 Å². The van der Waals surface area contributed by atoms with Crippen LogP contribution in [0.2, 0.25) is 0 Å². The fourth-order valence-electron chi connectivity index (χ4n) is 3.79. The number of fused-ring (bicyclic) bond motifs is 1. The number of methoxy groups -OCH3 is 1. The number of Topliss-reactive ketones (excluding diaryl/α,β-unsaturated/α-hetero) is 1. The van der Waals surface area contributed by atoms with E-state index in [0.29, 0.717) is 5.75 Å². The van der Waals surface area contributed by atoms with Crippen molar-refractivity contribution in [3.8, 4) is 23.0 Å². The molecule has 0 saturated carbocycles. The maximum Gasteiger partial charge on any atom is 0.229 e. The molecule has 10 heteroatoms. The lowest BCUT2D eigenvalue weighted by Crippen LogP contribution is -2.60. The first-order valence-corrected chi connectivity index (χ1v) is 10.0. The Hall–Kier alpha value is -2.89. The first-order valence-electron chi connectivity index (χ1n) is 10.0. The van der Waals surface area contributed by atoms with E-state index in [1.54, 1.807) is 31.4 Å². The van der Waals surface area contributed by atoms with Gasteiger partial charge in [-0.25, -0.2) is 0 Å². The Morgan fingerprint density at radius 2 is 1.75 bits per heavy atom. The van der Waals surface area contributed by atoms with Crippen LogP contribution >= 0.6 is 0 Å². The number of carbonyl (C=O) groups excluding carboxylic acids is 1. The highest BCUT2D eigenvalue weighted by atomic mass is 16.7. The van der Waals surface area contributed by atoms with Gasteiger partial charge < -0.3 is 44.5 Å². The Bertz CT molecular complexity index is 973. The summed E-state index contributed by atoms with van der Waals surface area (Å²) in [6.07, 6.45) is -7.93. The van der Waals surface area contributed by atoms with Crippen molar-refractivity contribution in [2.24, 2.45) is 0 Å². The summed E-state index contributed by atoms with van der Waals surface area (Å²) in [7, 11) is 1.55. The first kappa shape index (κ1) is 22.3. The van der Waals surface area contributed by atoms with E-state index in [4.69, 9.17) is 18.9 Å². The number of hydrogen-bond donors (Lipinski definition) is 5. The van der Waals surface area contributed by atoms with Crippen LogP contribution in [0.15, 0.2) is 36.4 Å². The number of hydrogen-bond acceptors (Lipinski definition) is 10. The van der Waals surface area contributed by atoms with Crippen LogP contribution in [-0.4, -0.2) is 75.7 Å². The zero-order valence-electron chi connectivity index (χ0n) is 17.1. The molecule has 2 aromatic rings. The third-order valence-corrected chi connectivity index (χ3v) is 5.56. The molecule has 6 atom stereocenters. The lowest BCUT2D eigenvalue weighted by Gasteiger charge is -2.39. The minimum absolute atomic E-state index is 0.00578. The SMILES string of the molecule is COc1ccc(C2CC(=O)c3c(O)cc(O[C@@H]4O[C@H](CO)[C@@H](O)[C@H](O)[C@H]4O)cc3O2)cc1. The molecule has 0 radical (unpaired) electrons. The van der Waals surface area contributed by atoms with E-state index in [0.717, 1.165) is 11.6 Å². The van der Waals surface area contributed by atoms with Crippen molar-refractivity contribution in [1.82, 2.24) is 0 Å². The number of phenols is 1. The third kappa shape index (κ3) is 4.10. The van der Waals surface area contributed by atoms with E-state index in [1.165, 1.54) is 6.07 Å². The highest BCUT2D eigenvalue weighted by Gasteiger charge is 2.45. The molecule has 0 aromatic heterocycles. The lowest BCUT2D eigenvalue weighted by molar-refractivity contribution is -0.277. The average Bonchev–Trinajstić information content (AvgIpc) is 2.79. The summed E-state index contributed by atoms with van der Waals surface area (Å²) >= 11 is 0. The Morgan fingerprint density at radius 1 is 1.03 bits per heavy atom. The van der Waals surface area contributed by atoms with Crippen LogP contribution < -0.4 is 14.2 Å². The van der Waals surface area contributed by atoms with Gasteiger partial charge in [0.15, 0.2) is 5.78 Å². The van der Waals surface area contributed by atoms with Crippen LogP contribution in [-0.2, 0) is 4.74 Å². The molecule has 10 nitrogen and oxygen atoms in total. The summed E-state index contributed by atoms with van der Waals surface area (Å²) < 4.78 is 22.0. The van der Waals surface area contributed by atoms with E-state index in [1.807, 2.05) is 0 Å². The molecular formula is C22H24O10. The Labute approximate surface area is 183 Å². The van der Waals surface area contributed by atoms with Gasteiger partial charge in [-0.15, -0.1) is 0 Å². The molecule has 0 amide bonds. The predicted molar refractivity (Wildman–Crippen MR) is 108 cm³/mol. The number of aromatic hydroxyl groups is 1. The summed E-state index contributed by atoms with van der Waals surface area (Å²) in [6, 6.07) is 9.56. The standard InChI is InChI=1S/C22H24O10/c1-29-11-4-2-10(3-5-11)15-8-14(25)18-13(24)6-12(7-16(18)31-15)30-22-21(28)20(27)19(26)17(9-23)32-22/h2-7,15,17,19-24,26-28H,8-9H2,1H3/t15?,17-,19-,20+,21-,22-/m1/s1. The highest BCUT2D eigenvalue weighted by molar-refractivity contribution is 6.02. The number of benzene rings is 2. The second-order valence-corrected chi connectivity index (χ2v) is 7.64. The van der Waals surface area contributed by atoms with Crippen molar-refractivity contribution in [2.45, 2.75) is 43.2 Å². The summed E-state index contributed by atoms with van der Waals surface area (Å²) in [6.45, 7) is -0.610. The highest BCUT2D eigenvalue weighted by Crippen LogP contribution is 2.42. The van der Waals surface area contributed by atoms with Crippen LogP contribution in [0.4, 0.5) is 0 Å². The Morgan fingerprint density at radius 3 is 2.41 bits per heavy atom. The van der Waals surface area contributed by atoms with Gasteiger partial charge in [-0.1, -0.05) is 12.1 Å². The first-order chi connectivity index (χ1) is 15.3. The number of rotatable bonds is 5. The zero-order valence-corrected chi connectivity index (χ0v) is 17.1. The summed E-state index contributed by atoms with van der Waals surface area (Å²) in [5, 5.41) is 49.7. The van der Waals surface area contributed by atoms with Gasteiger partial charge in [-0.3, -0.25) is 4.79 Å². The van der Waals surface area contributed by atoms with Gasteiger partial charge >= 0.3 is 0 Å². The molecule has 32 heavy (non-hydrogen) atoms. The minimum atomic E-state index is -1.62. The van der Waals surface area contributed by atoms with Gasteiger partial charge in [0.05, 0.1) is 20.1 Å². The minimum Gasteiger partial charge on any atom is -0.507 e. The van der Waals surface area contributed by atoms with Gasteiger partial charge in [0.2, 0.25) is 6.29 Å². The molecule has 2 aliphatic rings. The van der Waals surface area contributed by atoms with Crippen LogP contribution in [0.5, 0.6) is 23.0 Å². The van der Waals surface area contributed by atoms with E-state index < -0.39 is 43.4 Å². The smallest absolute Gasteiger partial charge is 0.229 e. The fourth-order valence-corrected chi connectivity index (χ4v) is 3.79. The number of ether oxygens (including phenoxy) is 4. The van der Waals surface area contributed by atoms with Gasteiger partial charge in [0, 0.05) is 12.1 Å². The van der Waals surface area contributed by atoms with Gasteiger partial charge in [-0.05, 0) is 17.7 Å². The van der Waals surface area contributed by atoms with E-state index in [-0.39, 0.29) is 35.0 Å². The quantitative estimate of drug-likeness (QED) is 0.431. The summed E-state index contributed by atoms with van der Waals surface area (Å²) in [5.74, 6) is 0.0452. The summed E-state index contributed by atoms with van der Waals surface area (Å²) in [5.41, 5.74) is 0.750. The van der Waals surface area contributed by atoms with E-state index in [2.05, 4.69) is 0 Å². The van der Waals surface area contributed by atoms with Gasteiger partial charge in [0.25, 0.3) is 0 Å². The van der Waals surface area contributed by atoms with Crippen molar-refractivity contribution in [2.75, 3.05) is 13.7 Å². The third-order valence-electron chi connectivity index (χ3n) is 5.56. The number of carbonyl (C=O) groups is 1. The summed E-state index contributed by atoms with van der Waals surface area (Å²) in [4.78, 5) is 12.7. The molecule has 0 bridgehead atoms. The number of aliphatic hydroxyl groups is 4. The Balaban J connectivity index is 1.58. The van der Waals surface area contributed by atoms with Crippen molar-refractivity contribution in [3.05, 3.63) is 47.5 Å². The number of phenolic OH excluding ortho intramolecular Hbond substituents is 1. The maximum absolute atomic E-state index is 12.7. The van der Waals surface area contributed by atoms with E-state index in [9.17, 15) is 30.3 Å². The lowest BCUT2D eigenvalue weighted by atomic mass is 9.95. The fraction of sp³-hybridized carbons (Fsp3) is 0.409. The van der Waals surface area contributed by atoms with Crippen molar-refractivity contribution in [1.29, 1.82) is 0 Å². The van der Waals surface area contributed by atoms with Crippen LogP contribution in [0.3, 0.4) is 0 Å². The molecule has 0 spiro atoms. The van der Waals surface area contributed by atoms with Gasteiger partial charge in [-0.2, -0.15) is 0 Å². The largest absolute Gasteiger partial charge is 0.507 e. The Kier molecular flexibility index (Phi) is 6.22. The normalized spacial score (nSPS) is 29.7. The predicted octanol–water partition coefficient (Wildman–Crippen LogP) is 0.286. The molecule has 172 valence electrons. The van der Waals surface area contributed by atoms with Crippen LogP contribution in [0, 0.1) is 0 Å². The average molecular weight is 448 g/mol. The zero-order chi connectivity index (χ0) is 23.0. The van der Waals surface area contributed by atoms with E-state index >= 15 is 0 Å². The monoisotopic (exact) mass is 448 g/mol. The molecule has 0 aliphatic carbocycles.